The molecule has 0 aliphatic heterocycles. The van der Waals surface area contributed by atoms with Crippen molar-refractivity contribution in [1.29, 1.82) is 0 Å². The number of halogens is 1. The number of aryl methyl sites for hydroxylation is 2. The molecule has 1 N–H and O–H groups in total. The summed E-state index contributed by atoms with van der Waals surface area (Å²) in [4.78, 5) is 12.7. The van der Waals surface area contributed by atoms with Crippen LogP contribution in [0.3, 0.4) is 0 Å². The Bertz CT molecular complexity index is 1220. The van der Waals surface area contributed by atoms with E-state index in [1.54, 1.807) is 42.5 Å². The second kappa shape index (κ2) is 10.9. The number of amides is 1. The van der Waals surface area contributed by atoms with Gasteiger partial charge in [-0.15, -0.1) is 0 Å². The number of anilines is 1. The van der Waals surface area contributed by atoms with Crippen LogP contribution in [0.15, 0.2) is 66.7 Å². The van der Waals surface area contributed by atoms with E-state index in [1.165, 1.54) is 15.4 Å². The molecule has 1 amide bonds. The Morgan fingerprint density at radius 1 is 0.909 bits per heavy atom. The molecule has 3 rings (SSSR count). The van der Waals surface area contributed by atoms with Gasteiger partial charge in [-0.2, -0.15) is 0 Å². The highest BCUT2D eigenvalue weighted by molar-refractivity contribution is 7.92. The summed E-state index contributed by atoms with van der Waals surface area (Å²) in [5.41, 5.74) is 5.20. The summed E-state index contributed by atoms with van der Waals surface area (Å²) < 4.78 is 26.2. The lowest BCUT2D eigenvalue weighted by molar-refractivity contribution is 0.0951. The van der Waals surface area contributed by atoms with Crippen LogP contribution in [0.5, 0.6) is 0 Å². The third-order valence-electron chi connectivity index (χ3n) is 5.59. The summed E-state index contributed by atoms with van der Waals surface area (Å²) in [7, 11) is -3.55. The predicted octanol–water partition coefficient (Wildman–Crippen LogP) is 5.36. The lowest BCUT2D eigenvalue weighted by Gasteiger charge is -2.23. The van der Waals surface area contributed by atoms with Crippen LogP contribution in [0.1, 0.15) is 46.5 Å². The zero-order valence-corrected chi connectivity index (χ0v) is 20.7. The van der Waals surface area contributed by atoms with Crippen molar-refractivity contribution in [3.8, 4) is 0 Å². The maximum Gasteiger partial charge on any atom is 0.251 e. The first-order valence-corrected chi connectivity index (χ1v) is 13.2. The molecule has 0 aliphatic rings. The van der Waals surface area contributed by atoms with Crippen LogP contribution in [0.2, 0.25) is 5.02 Å². The first-order chi connectivity index (χ1) is 15.7. The zero-order valence-electron chi connectivity index (χ0n) is 19.1. The molecule has 0 aromatic heterocycles. The molecule has 174 valence electrons. The van der Waals surface area contributed by atoms with Gasteiger partial charge in [-0.1, -0.05) is 61.8 Å². The molecule has 3 aromatic carbocycles. The standard InChI is InChI=1S/C26H29ClN2O3S/c1-4-19-10-11-20(5-2)23(16-19)17-28-26(30)21-12-14-24(15-13-21)29(33(3,31)32)18-22-8-6-7-9-25(22)27/h6-16H,4-5,17-18H2,1-3H3,(H,28,30). The Labute approximate surface area is 201 Å². The van der Waals surface area contributed by atoms with E-state index in [4.69, 9.17) is 11.6 Å². The second-order valence-electron chi connectivity index (χ2n) is 7.90. The minimum absolute atomic E-state index is 0.109. The zero-order chi connectivity index (χ0) is 24.0. The molecule has 0 saturated carbocycles. The van der Waals surface area contributed by atoms with Crippen molar-refractivity contribution in [2.75, 3.05) is 10.6 Å². The summed E-state index contributed by atoms with van der Waals surface area (Å²) in [5, 5.41) is 3.48. The number of hydrogen-bond donors (Lipinski definition) is 1. The van der Waals surface area contributed by atoms with Gasteiger partial charge in [-0.05, 0) is 65.4 Å². The van der Waals surface area contributed by atoms with Crippen molar-refractivity contribution in [3.05, 3.63) is 99.6 Å². The van der Waals surface area contributed by atoms with Crippen molar-refractivity contribution in [2.45, 2.75) is 39.8 Å². The van der Waals surface area contributed by atoms with Gasteiger partial charge in [0, 0.05) is 17.1 Å². The van der Waals surface area contributed by atoms with Crippen molar-refractivity contribution in [1.82, 2.24) is 5.32 Å². The van der Waals surface area contributed by atoms with Crippen molar-refractivity contribution >= 4 is 33.2 Å². The Morgan fingerprint density at radius 3 is 2.21 bits per heavy atom. The third kappa shape index (κ3) is 6.36. The highest BCUT2D eigenvalue weighted by Crippen LogP contribution is 2.24. The van der Waals surface area contributed by atoms with Crippen molar-refractivity contribution < 1.29 is 13.2 Å². The number of nitrogens with zero attached hydrogens (tertiary/aromatic N) is 1. The van der Waals surface area contributed by atoms with Gasteiger partial charge < -0.3 is 5.32 Å². The lowest BCUT2D eigenvalue weighted by atomic mass is 10.0. The molecular formula is C26H29ClN2O3S. The van der Waals surface area contributed by atoms with Crippen LogP contribution in [-0.2, 0) is 36.0 Å². The topological polar surface area (TPSA) is 66.5 Å². The van der Waals surface area contributed by atoms with E-state index in [0.717, 1.165) is 24.7 Å². The number of benzene rings is 3. The summed E-state index contributed by atoms with van der Waals surface area (Å²) in [6, 6.07) is 20.1. The van der Waals surface area contributed by atoms with Crippen molar-refractivity contribution in [2.24, 2.45) is 0 Å². The Kier molecular flexibility index (Phi) is 8.16. The van der Waals surface area contributed by atoms with Crippen LogP contribution in [0, 0.1) is 0 Å². The van der Waals surface area contributed by atoms with Crippen LogP contribution in [-0.4, -0.2) is 20.6 Å². The molecule has 0 unspecified atom stereocenters. The number of sulfonamides is 1. The molecular weight excluding hydrogens is 456 g/mol. The largest absolute Gasteiger partial charge is 0.348 e. The quantitative estimate of drug-likeness (QED) is 0.444. The third-order valence-corrected chi connectivity index (χ3v) is 7.10. The first-order valence-electron chi connectivity index (χ1n) is 10.9. The number of hydrogen-bond acceptors (Lipinski definition) is 3. The van der Waals surface area contributed by atoms with E-state index < -0.39 is 10.0 Å². The SMILES string of the molecule is CCc1ccc(CC)c(CNC(=O)c2ccc(N(Cc3ccccc3Cl)S(C)(=O)=O)cc2)c1. The Morgan fingerprint density at radius 2 is 1.61 bits per heavy atom. The van der Waals surface area contributed by atoms with Gasteiger partial charge in [0.2, 0.25) is 10.0 Å². The second-order valence-corrected chi connectivity index (χ2v) is 10.2. The Hall–Kier alpha value is -2.83. The number of rotatable bonds is 9. The molecule has 0 atom stereocenters. The molecule has 0 heterocycles. The van der Waals surface area contributed by atoms with Crippen LogP contribution >= 0.6 is 11.6 Å². The van der Waals surface area contributed by atoms with Gasteiger partial charge in [0.1, 0.15) is 0 Å². The highest BCUT2D eigenvalue weighted by atomic mass is 35.5. The van der Waals surface area contributed by atoms with E-state index in [9.17, 15) is 13.2 Å². The first kappa shape index (κ1) is 24.8. The van der Waals surface area contributed by atoms with E-state index in [-0.39, 0.29) is 12.5 Å². The summed E-state index contributed by atoms with van der Waals surface area (Å²) in [6.45, 7) is 4.76. The molecule has 0 bridgehead atoms. The van der Waals surface area contributed by atoms with E-state index >= 15 is 0 Å². The molecule has 33 heavy (non-hydrogen) atoms. The number of nitrogens with one attached hydrogen (secondary N) is 1. The molecule has 0 spiro atoms. The predicted molar refractivity (Wildman–Crippen MR) is 135 cm³/mol. The molecule has 0 aliphatic carbocycles. The molecule has 3 aromatic rings. The van der Waals surface area contributed by atoms with Crippen LogP contribution < -0.4 is 9.62 Å². The molecule has 0 saturated heterocycles. The maximum atomic E-state index is 12.7. The molecule has 0 fully saturated rings. The van der Waals surface area contributed by atoms with Crippen LogP contribution in [0.25, 0.3) is 0 Å². The van der Waals surface area contributed by atoms with Crippen LogP contribution in [0.4, 0.5) is 5.69 Å². The summed E-state index contributed by atoms with van der Waals surface area (Å²) in [5.74, 6) is -0.206. The lowest BCUT2D eigenvalue weighted by Crippen LogP contribution is -2.29. The fourth-order valence-corrected chi connectivity index (χ4v) is 4.72. The fraction of sp³-hybridized carbons (Fsp3) is 0.269. The minimum atomic E-state index is -3.55. The van der Waals surface area contributed by atoms with E-state index in [1.807, 2.05) is 6.07 Å². The molecule has 0 radical (unpaired) electrons. The normalized spacial score (nSPS) is 11.3. The van der Waals surface area contributed by atoms with E-state index in [0.29, 0.717) is 28.4 Å². The highest BCUT2D eigenvalue weighted by Gasteiger charge is 2.19. The van der Waals surface area contributed by atoms with Crippen molar-refractivity contribution in [3.63, 3.8) is 0 Å². The molecule has 7 heteroatoms. The van der Waals surface area contributed by atoms with Gasteiger partial charge in [0.25, 0.3) is 5.91 Å². The van der Waals surface area contributed by atoms with Gasteiger partial charge in [-0.3, -0.25) is 9.10 Å². The maximum absolute atomic E-state index is 12.7. The average Bonchev–Trinajstić information content (AvgIpc) is 2.81. The molecule has 5 nitrogen and oxygen atoms in total. The smallest absolute Gasteiger partial charge is 0.251 e. The van der Waals surface area contributed by atoms with Gasteiger partial charge in [-0.25, -0.2) is 8.42 Å². The number of carbonyl (C=O) groups excluding carboxylic acids is 1. The fourth-order valence-electron chi connectivity index (χ4n) is 3.65. The van der Waals surface area contributed by atoms with Gasteiger partial charge >= 0.3 is 0 Å². The number of carbonyl (C=O) groups is 1. The average molecular weight is 485 g/mol. The summed E-state index contributed by atoms with van der Waals surface area (Å²) >= 11 is 6.22. The van der Waals surface area contributed by atoms with Gasteiger partial charge in [0.15, 0.2) is 0 Å². The minimum Gasteiger partial charge on any atom is -0.348 e. The van der Waals surface area contributed by atoms with Gasteiger partial charge in [0.05, 0.1) is 18.5 Å². The summed E-state index contributed by atoms with van der Waals surface area (Å²) in [6.07, 6.45) is 2.99. The monoisotopic (exact) mass is 484 g/mol. The van der Waals surface area contributed by atoms with E-state index in [2.05, 4.69) is 37.4 Å². The Balaban J connectivity index is 1.75.